The van der Waals surface area contributed by atoms with Gasteiger partial charge >= 0.3 is 0 Å². The van der Waals surface area contributed by atoms with Gasteiger partial charge in [0.15, 0.2) is 0 Å². The summed E-state index contributed by atoms with van der Waals surface area (Å²) in [7, 11) is 5.29. The topological polar surface area (TPSA) is 48.3 Å². The molecule has 0 aromatic carbocycles. The van der Waals surface area contributed by atoms with E-state index in [-0.39, 0.29) is 6.04 Å². The molecule has 0 saturated heterocycles. The molecule has 2 atom stereocenters. The molecule has 1 heterocycles. The monoisotopic (exact) mass is 255 g/mol. The van der Waals surface area contributed by atoms with Crippen molar-refractivity contribution >= 4 is 0 Å². The molecule has 104 valence electrons. The minimum Gasteiger partial charge on any atom is -0.481 e. The van der Waals surface area contributed by atoms with Crippen LogP contribution in [0.2, 0.25) is 0 Å². The Balaban J connectivity index is 2.81. The Morgan fingerprint density at radius 1 is 1.44 bits per heavy atom. The van der Waals surface area contributed by atoms with Gasteiger partial charge in [0.1, 0.15) is 0 Å². The average molecular weight is 255 g/mol. The molecule has 5 nitrogen and oxygen atoms in total. The Morgan fingerprint density at radius 3 is 2.67 bits per heavy atom. The lowest BCUT2D eigenvalue weighted by Crippen LogP contribution is -2.28. The lowest BCUT2D eigenvalue weighted by Gasteiger charge is -2.22. The zero-order chi connectivity index (χ0) is 13.5. The fraction of sp³-hybridized carbons (Fsp3) is 0.769. The van der Waals surface area contributed by atoms with Crippen molar-refractivity contribution in [2.24, 2.45) is 13.0 Å². The third-order valence-corrected chi connectivity index (χ3v) is 3.15. The Morgan fingerprint density at radius 2 is 2.17 bits per heavy atom. The van der Waals surface area contributed by atoms with Crippen molar-refractivity contribution in [2.45, 2.75) is 26.3 Å². The van der Waals surface area contributed by atoms with Crippen LogP contribution in [0.1, 0.15) is 32.0 Å². The summed E-state index contributed by atoms with van der Waals surface area (Å²) < 4.78 is 12.2. The second-order valence-corrected chi connectivity index (χ2v) is 4.53. The van der Waals surface area contributed by atoms with Gasteiger partial charge in [-0.3, -0.25) is 0 Å². The van der Waals surface area contributed by atoms with Crippen molar-refractivity contribution in [1.29, 1.82) is 0 Å². The summed E-state index contributed by atoms with van der Waals surface area (Å²) in [5.41, 5.74) is 1.03. The predicted molar refractivity (Wildman–Crippen MR) is 71.8 cm³/mol. The van der Waals surface area contributed by atoms with Gasteiger partial charge in [-0.15, -0.1) is 0 Å². The summed E-state index contributed by atoms with van der Waals surface area (Å²) in [6.07, 6.45) is 1.01. The summed E-state index contributed by atoms with van der Waals surface area (Å²) in [6.45, 7) is 6.01. The van der Waals surface area contributed by atoms with E-state index in [1.807, 2.05) is 13.1 Å². The summed E-state index contributed by atoms with van der Waals surface area (Å²) in [5.74, 6) is 1.25. The molecule has 0 radical (unpaired) electrons. The van der Waals surface area contributed by atoms with Gasteiger partial charge in [-0.1, -0.05) is 13.8 Å². The molecule has 0 aliphatic carbocycles. The van der Waals surface area contributed by atoms with Crippen LogP contribution in [-0.4, -0.2) is 37.2 Å². The number of rotatable bonds is 8. The van der Waals surface area contributed by atoms with Crippen molar-refractivity contribution in [2.75, 3.05) is 27.4 Å². The fourth-order valence-corrected chi connectivity index (χ4v) is 2.10. The smallest absolute Gasteiger partial charge is 0.211 e. The van der Waals surface area contributed by atoms with Crippen molar-refractivity contribution < 1.29 is 9.47 Å². The van der Waals surface area contributed by atoms with E-state index in [0.29, 0.717) is 5.92 Å². The molecule has 2 unspecified atom stereocenters. The molecule has 1 aromatic heterocycles. The predicted octanol–water partition coefficient (Wildman–Crippen LogP) is 1.75. The Hall–Kier alpha value is -1.07. The number of methoxy groups -OCH3 is 2. The Labute approximate surface area is 109 Å². The molecule has 0 bridgehead atoms. The maximum atomic E-state index is 5.26. The normalized spacial score (nSPS) is 14.5. The van der Waals surface area contributed by atoms with Crippen LogP contribution in [0, 0.1) is 5.92 Å². The summed E-state index contributed by atoms with van der Waals surface area (Å²) in [4.78, 5) is 0. The van der Waals surface area contributed by atoms with Crippen LogP contribution in [-0.2, 0) is 11.8 Å². The molecule has 1 aromatic rings. The highest BCUT2D eigenvalue weighted by Crippen LogP contribution is 2.26. The molecule has 0 amide bonds. The van der Waals surface area contributed by atoms with Gasteiger partial charge in [0.25, 0.3) is 0 Å². The van der Waals surface area contributed by atoms with Crippen LogP contribution in [0.3, 0.4) is 0 Å². The molecule has 0 fully saturated rings. The number of hydrogen-bond acceptors (Lipinski definition) is 4. The largest absolute Gasteiger partial charge is 0.481 e. The van der Waals surface area contributed by atoms with Gasteiger partial charge in [0.2, 0.25) is 5.88 Å². The summed E-state index contributed by atoms with van der Waals surface area (Å²) in [6, 6.07) is 2.23. The molecule has 0 saturated carbocycles. The highest BCUT2D eigenvalue weighted by molar-refractivity contribution is 5.19. The molecular formula is C13H25N3O2. The van der Waals surface area contributed by atoms with Crippen LogP contribution >= 0.6 is 0 Å². The highest BCUT2D eigenvalue weighted by atomic mass is 16.5. The molecular weight excluding hydrogens is 230 g/mol. The van der Waals surface area contributed by atoms with E-state index < -0.39 is 0 Å². The first-order chi connectivity index (χ1) is 8.63. The van der Waals surface area contributed by atoms with E-state index in [1.54, 1.807) is 18.9 Å². The summed E-state index contributed by atoms with van der Waals surface area (Å²) in [5, 5.41) is 8.00. The third-order valence-electron chi connectivity index (χ3n) is 3.15. The molecule has 1 rings (SSSR count). The first-order valence-corrected chi connectivity index (χ1v) is 6.44. The highest BCUT2D eigenvalue weighted by Gasteiger charge is 2.22. The summed E-state index contributed by atoms with van der Waals surface area (Å²) >= 11 is 0. The first-order valence-electron chi connectivity index (χ1n) is 6.44. The van der Waals surface area contributed by atoms with Gasteiger partial charge in [-0.25, -0.2) is 4.68 Å². The van der Waals surface area contributed by atoms with Gasteiger partial charge < -0.3 is 14.8 Å². The van der Waals surface area contributed by atoms with Gasteiger partial charge in [-0.05, 0) is 18.9 Å². The molecule has 5 heteroatoms. The van der Waals surface area contributed by atoms with Crippen molar-refractivity contribution in [3.8, 4) is 5.88 Å². The van der Waals surface area contributed by atoms with E-state index >= 15 is 0 Å². The molecule has 0 spiro atoms. The number of ether oxygens (including phenoxy) is 2. The first kappa shape index (κ1) is 15.0. The fourth-order valence-electron chi connectivity index (χ4n) is 2.10. The van der Waals surface area contributed by atoms with Crippen molar-refractivity contribution in [3.63, 3.8) is 0 Å². The van der Waals surface area contributed by atoms with E-state index in [0.717, 1.165) is 31.1 Å². The molecule has 0 aliphatic heterocycles. The number of nitrogens with zero attached hydrogens (tertiary/aromatic N) is 2. The maximum absolute atomic E-state index is 5.26. The van der Waals surface area contributed by atoms with Crippen LogP contribution in [0.4, 0.5) is 0 Å². The minimum absolute atomic E-state index is 0.236. The second-order valence-electron chi connectivity index (χ2n) is 4.53. The molecule has 0 aliphatic rings. The lowest BCUT2D eigenvalue weighted by atomic mass is 9.96. The van der Waals surface area contributed by atoms with Crippen LogP contribution in [0.25, 0.3) is 0 Å². The Bertz CT molecular complexity index is 352. The lowest BCUT2D eigenvalue weighted by molar-refractivity contribution is 0.170. The SMILES string of the molecule is CCNC(c1cc(OC)n(C)n1)C(C)CCOC. The van der Waals surface area contributed by atoms with E-state index in [9.17, 15) is 0 Å². The zero-order valence-corrected chi connectivity index (χ0v) is 12.1. The Kier molecular flexibility index (Phi) is 6.15. The number of aromatic nitrogens is 2. The number of nitrogens with one attached hydrogen (secondary N) is 1. The minimum atomic E-state index is 0.236. The van der Waals surface area contributed by atoms with E-state index in [1.165, 1.54) is 0 Å². The standard InChI is InChI=1S/C13H25N3O2/c1-6-14-13(10(2)7-8-17-4)11-9-12(18-5)16(3)15-11/h9-10,13-14H,6-8H2,1-5H3. The number of aryl methyl sites for hydroxylation is 1. The van der Waals surface area contributed by atoms with Gasteiger partial charge in [-0.2, -0.15) is 5.10 Å². The van der Waals surface area contributed by atoms with E-state index in [4.69, 9.17) is 9.47 Å². The van der Waals surface area contributed by atoms with Crippen LogP contribution in [0.5, 0.6) is 5.88 Å². The van der Waals surface area contributed by atoms with Crippen molar-refractivity contribution in [1.82, 2.24) is 15.1 Å². The maximum Gasteiger partial charge on any atom is 0.211 e. The van der Waals surface area contributed by atoms with Gasteiger partial charge in [0.05, 0.1) is 18.8 Å². The van der Waals surface area contributed by atoms with Crippen LogP contribution in [0.15, 0.2) is 6.07 Å². The second kappa shape index (κ2) is 7.38. The average Bonchev–Trinajstić information content (AvgIpc) is 2.74. The molecule has 18 heavy (non-hydrogen) atoms. The number of hydrogen-bond donors (Lipinski definition) is 1. The quantitative estimate of drug-likeness (QED) is 0.769. The zero-order valence-electron chi connectivity index (χ0n) is 12.1. The third kappa shape index (κ3) is 3.71. The molecule has 1 N–H and O–H groups in total. The van der Waals surface area contributed by atoms with Gasteiger partial charge in [0, 0.05) is 26.8 Å². The van der Waals surface area contributed by atoms with E-state index in [2.05, 4.69) is 24.3 Å². The van der Waals surface area contributed by atoms with Crippen LogP contribution < -0.4 is 10.1 Å². The van der Waals surface area contributed by atoms with Crippen molar-refractivity contribution in [3.05, 3.63) is 11.8 Å².